The number of carbonyl (C=O) groups excluding carboxylic acids is 1. The Labute approximate surface area is 217 Å². The largest absolute Gasteiger partial charge is 0.454 e. The van der Waals surface area contributed by atoms with Crippen LogP contribution in [0.15, 0.2) is 64.2 Å². The zero-order chi connectivity index (χ0) is 26.3. The summed E-state index contributed by atoms with van der Waals surface area (Å²) in [6.07, 6.45) is 0.467. The van der Waals surface area contributed by atoms with Crippen molar-refractivity contribution in [1.29, 1.82) is 5.26 Å². The Balaban J connectivity index is 1.43. The molecule has 0 fully saturated rings. The third-order valence-corrected chi connectivity index (χ3v) is 6.24. The molecule has 37 heavy (non-hydrogen) atoms. The molecule has 1 amide bonds. The Morgan fingerprint density at radius 2 is 1.78 bits per heavy atom. The average molecular weight is 538 g/mol. The van der Waals surface area contributed by atoms with Crippen molar-refractivity contribution in [2.45, 2.75) is 6.42 Å². The lowest BCUT2D eigenvalue weighted by Crippen LogP contribution is -2.38. The van der Waals surface area contributed by atoms with E-state index in [1.165, 1.54) is 23.1 Å². The number of rotatable bonds is 4. The minimum absolute atomic E-state index is 0.0282. The zero-order valence-electron chi connectivity index (χ0n) is 18.7. The molecule has 0 saturated carbocycles. The number of H-pyrrole nitrogens is 1. The number of anilines is 1. The monoisotopic (exact) mass is 537 g/mol. The summed E-state index contributed by atoms with van der Waals surface area (Å²) < 4.78 is 20.9. The molecule has 1 aliphatic rings. The molecule has 0 radical (unpaired) electrons. The number of aromatic amines is 1. The van der Waals surface area contributed by atoms with Gasteiger partial charge in [-0.15, -0.1) is 5.10 Å². The van der Waals surface area contributed by atoms with Gasteiger partial charge < -0.3 is 9.64 Å². The van der Waals surface area contributed by atoms with Crippen LogP contribution in [0.2, 0.25) is 10.0 Å². The maximum atomic E-state index is 14.2. The highest BCUT2D eigenvalue weighted by Crippen LogP contribution is 2.39. The normalized spacial score (nSPS) is 12.7. The molecule has 5 rings (SSSR count). The van der Waals surface area contributed by atoms with Gasteiger partial charge in [-0.05, 0) is 54.4 Å². The van der Waals surface area contributed by atoms with Crippen molar-refractivity contribution in [2.24, 2.45) is 0 Å². The van der Waals surface area contributed by atoms with Gasteiger partial charge in [0.25, 0.3) is 11.5 Å². The van der Waals surface area contributed by atoms with E-state index in [2.05, 4.69) is 5.10 Å². The highest BCUT2D eigenvalue weighted by Gasteiger charge is 2.27. The number of fused-ring (bicyclic) bond motifs is 1. The van der Waals surface area contributed by atoms with Gasteiger partial charge in [0.2, 0.25) is 5.69 Å². The number of halogens is 3. The molecular weight excluding hydrogens is 524 g/mol. The molecule has 1 N–H and O–H groups in total. The molecule has 184 valence electrons. The van der Waals surface area contributed by atoms with Crippen LogP contribution in [0.4, 0.5) is 10.1 Å². The number of hydrogen-bond donors (Lipinski definition) is 1. The summed E-state index contributed by atoms with van der Waals surface area (Å²) in [5.41, 5.74) is -0.848. The maximum Gasteiger partial charge on any atom is 0.349 e. The lowest BCUT2D eigenvalue weighted by atomic mass is 9.98. The molecule has 0 bridgehead atoms. The number of carbonyl (C=O) groups is 1. The summed E-state index contributed by atoms with van der Waals surface area (Å²) in [5, 5.41) is 12.8. The predicted molar refractivity (Wildman–Crippen MR) is 133 cm³/mol. The number of ether oxygens (including phenoxy) is 1. The third kappa shape index (κ3) is 4.46. The van der Waals surface area contributed by atoms with Crippen LogP contribution >= 0.6 is 23.2 Å². The molecule has 0 saturated heterocycles. The highest BCUT2D eigenvalue weighted by molar-refractivity contribution is 6.37. The minimum Gasteiger partial charge on any atom is -0.454 e. The molecule has 12 heteroatoms. The van der Waals surface area contributed by atoms with Gasteiger partial charge in [-0.1, -0.05) is 35.3 Å². The van der Waals surface area contributed by atoms with Crippen LogP contribution in [0.3, 0.4) is 0 Å². The first kappa shape index (κ1) is 24.2. The lowest BCUT2D eigenvalue weighted by Gasteiger charge is -2.29. The molecular formula is C25H14Cl2FN5O4. The van der Waals surface area contributed by atoms with E-state index in [1.807, 2.05) is 4.98 Å². The topological polar surface area (TPSA) is 121 Å². The number of hydrogen-bond acceptors (Lipinski definition) is 6. The summed E-state index contributed by atoms with van der Waals surface area (Å²) in [4.78, 5) is 40.2. The summed E-state index contributed by atoms with van der Waals surface area (Å²) >= 11 is 12.7. The number of nitriles is 1. The maximum absolute atomic E-state index is 14.2. The second-order valence-electron chi connectivity index (χ2n) is 7.95. The molecule has 1 aliphatic heterocycles. The second kappa shape index (κ2) is 9.54. The summed E-state index contributed by atoms with van der Waals surface area (Å²) in [7, 11) is 0. The van der Waals surface area contributed by atoms with E-state index in [1.54, 1.807) is 42.5 Å². The zero-order valence-corrected chi connectivity index (χ0v) is 20.2. The van der Waals surface area contributed by atoms with Gasteiger partial charge in [0.05, 0.1) is 21.4 Å². The quantitative estimate of drug-likeness (QED) is 0.415. The van der Waals surface area contributed by atoms with E-state index in [0.717, 1.165) is 4.68 Å². The number of benzene rings is 3. The van der Waals surface area contributed by atoms with Crippen LogP contribution in [0, 0.1) is 17.1 Å². The summed E-state index contributed by atoms with van der Waals surface area (Å²) in [6, 6.07) is 15.2. The Morgan fingerprint density at radius 3 is 2.49 bits per heavy atom. The average Bonchev–Trinajstić information content (AvgIpc) is 2.87. The Hall–Kier alpha value is -4.46. The smallest absolute Gasteiger partial charge is 0.349 e. The second-order valence-corrected chi connectivity index (χ2v) is 8.76. The number of nitrogens with one attached hydrogen (secondary N) is 1. The summed E-state index contributed by atoms with van der Waals surface area (Å²) in [5.74, 6) is -0.363. The van der Waals surface area contributed by atoms with Gasteiger partial charge in [-0.3, -0.25) is 14.6 Å². The molecule has 0 unspecified atom stereocenters. The van der Waals surface area contributed by atoms with E-state index in [4.69, 9.17) is 33.2 Å². The van der Waals surface area contributed by atoms with Crippen LogP contribution in [-0.4, -0.2) is 27.2 Å². The van der Waals surface area contributed by atoms with Crippen molar-refractivity contribution < 1.29 is 13.9 Å². The molecule has 2 heterocycles. The Kier molecular flexibility index (Phi) is 6.25. The van der Waals surface area contributed by atoms with E-state index in [9.17, 15) is 18.8 Å². The lowest BCUT2D eigenvalue weighted by molar-refractivity contribution is 0.0979. The van der Waals surface area contributed by atoms with E-state index in [-0.39, 0.29) is 39.6 Å². The fraction of sp³-hybridized carbons (Fsp3) is 0.0800. The SMILES string of the molecule is N#Cc1nn(-c2cc(Cl)c(Oc3ccc4c(c3)CCN(c3ccccc3F)C4=O)c(Cl)c2)c(=O)[nH]c1=O. The molecule has 9 nitrogen and oxygen atoms in total. The van der Waals surface area contributed by atoms with E-state index >= 15 is 0 Å². The van der Waals surface area contributed by atoms with Crippen LogP contribution in [0.1, 0.15) is 21.6 Å². The van der Waals surface area contributed by atoms with Crippen LogP contribution in [0.5, 0.6) is 11.5 Å². The Morgan fingerprint density at radius 1 is 1.05 bits per heavy atom. The van der Waals surface area contributed by atoms with E-state index in [0.29, 0.717) is 23.3 Å². The molecule has 3 aromatic carbocycles. The minimum atomic E-state index is -0.913. The molecule has 1 aromatic heterocycles. The number of nitrogens with zero attached hydrogens (tertiary/aromatic N) is 4. The van der Waals surface area contributed by atoms with Crippen molar-refractivity contribution in [3.05, 3.63) is 108 Å². The van der Waals surface area contributed by atoms with Gasteiger partial charge in [0, 0.05) is 12.1 Å². The van der Waals surface area contributed by atoms with Gasteiger partial charge in [0.15, 0.2) is 5.75 Å². The number of aromatic nitrogens is 3. The van der Waals surface area contributed by atoms with Gasteiger partial charge in [-0.2, -0.15) is 9.94 Å². The van der Waals surface area contributed by atoms with Crippen molar-refractivity contribution in [3.63, 3.8) is 0 Å². The first-order valence-electron chi connectivity index (χ1n) is 10.8. The number of amides is 1. The third-order valence-electron chi connectivity index (χ3n) is 5.68. The first-order chi connectivity index (χ1) is 17.8. The highest BCUT2D eigenvalue weighted by atomic mass is 35.5. The van der Waals surface area contributed by atoms with Crippen LogP contribution in [0.25, 0.3) is 5.69 Å². The summed E-state index contributed by atoms with van der Waals surface area (Å²) in [6.45, 7) is 0.290. The molecule has 0 atom stereocenters. The molecule has 4 aromatic rings. The van der Waals surface area contributed by atoms with Gasteiger partial charge in [-0.25, -0.2) is 9.18 Å². The van der Waals surface area contributed by atoms with Gasteiger partial charge in [0.1, 0.15) is 17.6 Å². The van der Waals surface area contributed by atoms with Crippen molar-refractivity contribution in [3.8, 4) is 23.3 Å². The molecule has 0 spiro atoms. The van der Waals surface area contributed by atoms with Crippen LogP contribution in [-0.2, 0) is 6.42 Å². The fourth-order valence-electron chi connectivity index (χ4n) is 3.96. The first-order valence-corrected chi connectivity index (χ1v) is 11.5. The Bertz CT molecular complexity index is 1720. The van der Waals surface area contributed by atoms with Crippen LogP contribution < -0.4 is 20.9 Å². The van der Waals surface area contributed by atoms with Gasteiger partial charge >= 0.3 is 5.69 Å². The molecule has 0 aliphatic carbocycles. The van der Waals surface area contributed by atoms with Crippen molar-refractivity contribution in [2.75, 3.05) is 11.4 Å². The standard InChI is InChI=1S/C25H14Cl2FN5O4/c26-17-10-14(33-25(36)30-23(34)20(12-29)31-33)11-18(27)22(17)37-15-5-6-16-13(9-15)7-8-32(24(16)35)21-4-2-1-3-19(21)28/h1-6,9-11H,7-8H2,(H,30,34,36). The van der Waals surface area contributed by atoms with Crippen molar-refractivity contribution >= 4 is 34.8 Å². The fourth-order valence-corrected chi connectivity index (χ4v) is 4.51. The van der Waals surface area contributed by atoms with Crippen molar-refractivity contribution in [1.82, 2.24) is 14.8 Å². The number of para-hydroxylation sites is 1. The predicted octanol–water partition coefficient (Wildman–Crippen LogP) is 4.23. The van der Waals surface area contributed by atoms with E-state index < -0.39 is 22.8 Å².